The van der Waals surface area contributed by atoms with Crippen LogP contribution in [0.15, 0.2) is 24.3 Å². The van der Waals surface area contributed by atoms with Crippen molar-refractivity contribution in [1.82, 2.24) is 5.32 Å². The molecule has 1 aliphatic heterocycles. The van der Waals surface area contributed by atoms with E-state index in [-0.39, 0.29) is 23.1 Å². The first-order valence-corrected chi connectivity index (χ1v) is 6.55. The van der Waals surface area contributed by atoms with Crippen LogP contribution in [0.1, 0.15) is 27.1 Å². The highest BCUT2D eigenvalue weighted by molar-refractivity contribution is 7.99. The molecule has 0 aliphatic carbocycles. The number of hydrogen-bond acceptors (Lipinski definition) is 3. The van der Waals surface area contributed by atoms with Gasteiger partial charge in [-0.05, 0) is 24.3 Å². The SMILES string of the molecule is O=C(O)c1ccccc1C(=O)NC1CCSC1. The number of carbonyl (C=O) groups is 2. The Balaban J connectivity index is 2.15. The molecule has 90 valence electrons. The van der Waals surface area contributed by atoms with Gasteiger partial charge in [-0.25, -0.2) is 4.79 Å². The van der Waals surface area contributed by atoms with Crippen molar-refractivity contribution < 1.29 is 14.7 Å². The molecule has 1 fully saturated rings. The smallest absolute Gasteiger partial charge is 0.336 e. The van der Waals surface area contributed by atoms with Crippen LogP contribution in [0.3, 0.4) is 0 Å². The molecule has 2 N–H and O–H groups in total. The third-order valence-corrected chi connectivity index (χ3v) is 3.83. The van der Waals surface area contributed by atoms with Gasteiger partial charge in [0.2, 0.25) is 0 Å². The van der Waals surface area contributed by atoms with Crippen LogP contribution in [0.25, 0.3) is 0 Å². The molecule has 1 aromatic carbocycles. The lowest BCUT2D eigenvalue weighted by atomic mass is 10.1. The van der Waals surface area contributed by atoms with Crippen LogP contribution >= 0.6 is 11.8 Å². The fourth-order valence-corrected chi connectivity index (χ4v) is 2.93. The van der Waals surface area contributed by atoms with Gasteiger partial charge < -0.3 is 10.4 Å². The number of nitrogens with one attached hydrogen (secondary N) is 1. The fourth-order valence-electron chi connectivity index (χ4n) is 1.78. The molecule has 0 saturated carbocycles. The lowest BCUT2D eigenvalue weighted by Gasteiger charge is -2.12. The molecule has 0 spiro atoms. The number of carboxylic acids is 1. The molecule has 1 unspecified atom stereocenters. The molecule has 4 nitrogen and oxygen atoms in total. The molecule has 5 heteroatoms. The highest BCUT2D eigenvalue weighted by atomic mass is 32.2. The molecule has 1 aliphatic rings. The summed E-state index contributed by atoms with van der Waals surface area (Å²) in [5, 5.41) is 11.9. The Morgan fingerprint density at radius 3 is 2.59 bits per heavy atom. The maximum absolute atomic E-state index is 11.9. The Morgan fingerprint density at radius 2 is 2.00 bits per heavy atom. The van der Waals surface area contributed by atoms with Gasteiger partial charge in [-0.2, -0.15) is 11.8 Å². The van der Waals surface area contributed by atoms with Gasteiger partial charge in [0.1, 0.15) is 0 Å². The van der Waals surface area contributed by atoms with Crippen molar-refractivity contribution in [2.75, 3.05) is 11.5 Å². The van der Waals surface area contributed by atoms with Gasteiger partial charge in [0, 0.05) is 11.8 Å². The van der Waals surface area contributed by atoms with Gasteiger partial charge >= 0.3 is 5.97 Å². The van der Waals surface area contributed by atoms with Crippen LogP contribution in [-0.4, -0.2) is 34.5 Å². The van der Waals surface area contributed by atoms with Crippen LogP contribution in [0, 0.1) is 0 Å². The largest absolute Gasteiger partial charge is 0.478 e. The van der Waals surface area contributed by atoms with Crippen molar-refractivity contribution in [3.63, 3.8) is 0 Å². The molecule has 0 radical (unpaired) electrons. The Kier molecular flexibility index (Phi) is 3.68. The minimum Gasteiger partial charge on any atom is -0.478 e. The van der Waals surface area contributed by atoms with Gasteiger partial charge in [0.15, 0.2) is 0 Å². The number of rotatable bonds is 3. The summed E-state index contributed by atoms with van der Waals surface area (Å²) >= 11 is 1.80. The summed E-state index contributed by atoms with van der Waals surface area (Å²) in [4.78, 5) is 22.9. The number of benzene rings is 1. The van der Waals surface area contributed by atoms with Crippen LogP contribution in [-0.2, 0) is 0 Å². The highest BCUT2D eigenvalue weighted by Gasteiger charge is 2.21. The van der Waals surface area contributed by atoms with Crippen LogP contribution < -0.4 is 5.32 Å². The van der Waals surface area contributed by atoms with Crippen molar-refractivity contribution in [3.8, 4) is 0 Å². The molecule has 1 amide bonds. The van der Waals surface area contributed by atoms with E-state index in [1.54, 1.807) is 30.0 Å². The van der Waals surface area contributed by atoms with E-state index in [0.717, 1.165) is 17.9 Å². The lowest BCUT2D eigenvalue weighted by molar-refractivity contribution is 0.0690. The normalized spacial score (nSPS) is 18.9. The lowest BCUT2D eigenvalue weighted by Crippen LogP contribution is -2.35. The van der Waals surface area contributed by atoms with Gasteiger partial charge in [0.05, 0.1) is 11.1 Å². The zero-order valence-corrected chi connectivity index (χ0v) is 10.00. The first-order chi connectivity index (χ1) is 8.18. The van der Waals surface area contributed by atoms with Gasteiger partial charge in [-0.15, -0.1) is 0 Å². The van der Waals surface area contributed by atoms with Gasteiger partial charge in [0.25, 0.3) is 5.91 Å². The first kappa shape index (κ1) is 12.0. The van der Waals surface area contributed by atoms with Crippen LogP contribution in [0.5, 0.6) is 0 Å². The monoisotopic (exact) mass is 251 g/mol. The maximum atomic E-state index is 11.9. The minimum absolute atomic E-state index is 0.0515. The Labute approximate surface area is 103 Å². The van der Waals surface area contributed by atoms with Crippen molar-refractivity contribution in [2.24, 2.45) is 0 Å². The van der Waals surface area contributed by atoms with E-state index in [0.29, 0.717) is 0 Å². The third kappa shape index (κ3) is 2.79. The molecule has 2 rings (SSSR count). The van der Waals surface area contributed by atoms with E-state index in [2.05, 4.69) is 5.32 Å². The van der Waals surface area contributed by atoms with Crippen molar-refractivity contribution >= 4 is 23.6 Å². The van der Waals surface area contributed by atoms with Gasteiger partial charge in [-0.1, -0.05) is 12.1 Å². The van der Waals surface area contributed by atoms with Gasteiger partial charge in [-0.3, -0.25) is 4.79 Å². The van der Waals surface area contributed by atoms with Crippen LogP contribution in [0.2, 0.25) is 0 Å². The average molecular weight is 251 g/mol. The molecule has 1 aromatic rings. The third-order valence-electron chi connectivity index (χ3n) is 2.67. The van der Waals surface area contributed by atoms with E-state index in [9.17, 15) is 9.59 Å². The molecular weight excluding hydrogens is 238 g/mol. The molecule has 1 atom stereocenters. The summed E-state index contributed by atoms with van der Waals surface area (Å²) in [6, 6.07) is 6.44. The summed E-state index contributed by atoms with van der Waals surface area (Å²) in [5.74, 6) is 0.582. The van der Waals surface area contributed by atoms with Crippen molar-refractivity contribution in [1.29, 1.82) is 0 Å². The quantitative estimate of drug-likeness (QED) is 0.856. The second-order valence-electron chi connectivity index (χ2n) is 3.88. The van der Waals surface area contributed by atoms with E-state index in [1.165, 1.54) is 6.07 Å². The number of hydrogen-bond donors (Lipinski definition) is 2. The average Bonchev–Trinajstić information content (AvgIpc) is 2.81. The Bertz CT molecular complexity index is 441. The van der Waals surface area contributed by atoms with E-state index >= 15 is 0 Å². The second kappa shape index (κ2) is 5.23. The Hall–Kier alpha value is -1.49. The molecule has 0 bridgehead atoms. The molecule has 17 heavy (non-hydrogen) atoms. The molecule has 1 heterocycles. The fraction of sp³-hybridized carbons (Fsp3) is 0.333. The first-order valence-electron chi connectivity index (χ1n) is 5.39. The number of amides is 1. The summed E-state index contributed by atoms with van der Waals surface area (Å²) in [6.45, 7) is 0. The van der Waals surface area contributed by atoms with Crippen LogP contribution in [0.4, 0.5) is 0 Å². The zero-order valence-electron chi connectivity index (χ0n) is 9.18. The topological polar surface area (TPSA) is 66.4 Å². The predicted octanol–water partition coefficient (Wildman–Crippen LogP) is 1.62. The zero-order chi connectivity index (χ0) is 12.3. The Morgan fingerprint density at radius 1 is 1.29 bits per heavy atom. The minimum atomic E-state index is -1.07. The number of aromatic carboxylic acids is 1. The van der Waals surface area contributed by atoms with Crippen molar-refractivity contribution in [3.05, 3.63) is 35.4 Å². The molecule has 0 aromatic heterocycles. The number of carbonyl (C=O) groups excluding carboxylic acids is 1. The standard InChI is InChI=1S/C12H13NO3S/c14-11(13-8-5-6-17-7-8)9-3-1-2-4-10(9)12(15)16/h1-4,8H,5-7H2,(H,13,14)(H,15,16). The molecule has 1 saturated heterocycles. The summed E-state index contributed by atoms with van der Waals surface area (Å²) < 4.78 is 0. The predicted molar refractivity (Wildman–Crippen MR) is 66.6 cm³/mol. The second-order valence-corrected chi connectivity index (χ2v) is 5.03. The van der Waals surface area contributed by atoms with E-state index in [1.807, 2.05) is 0 Å². The number of thioether (sulfide) groups is 1. The van der Waals surface area contributed by atoms with E-state index in [4.69, 9.17) is 5.11 Å². The summed E-state index contributed by atoms with van der Waals surface area (Å²) in [6.07, 6.45) is 0.950. The summed E-state index contributed by atoms with van der Waals surface area (Å²) in [7, 11) is 0. The maximum Gasteiger partial charge on any atom is 0.336 e. The van der Waals surface area contributed by atoms with E-state index < -0.39 is 5.97 Å². The number of carboxylic acid groups (broad SMARTS) is 1. The summed E-state index contributed by atoms with van der Waals surface area (Å²) in [5.41, 5.74) is 0.285. The molecular formula is C12H13NO3S. The van der Waals surface area contributed by atoms with Crippen molar-refractivity contribution in [2.45, 2.75) is 12.5 Å². The highest BCUT2D eigenvalue weighted by Crippen LogP contribution is 2.18.